The van der Waals surface area contributed by atoms with E-state index in [4.69, 9.17) is 12.2 Å². The fourth-order valence-corrected chi connectivity index (χ4v) is 3.51. The molecular weight excluding hydrogens is 380 g/mol. The zero-order chi connectivity index (χ0) is 16.6. The molecule has 1 aliphatic heterocycles. The van der Waals surface area contributed by atoms with Crippen molar-refractivity contribution in [1.82, 2.24) is 10.7 Å². The fourth-order valence-electron chi connectivity index (χ4n) is 2.47. The molecule has 0 aromatic heterocycles. The van der Waals surface area contributed by atoms with Gasteiger partial charge in [0.15, 0.2) is 5.11 Å². The minimum atomic E-state index is -0.584. The fraction of sp³-hybridized carbons (Fsp3) is 0.133. The molecule has 2 aromatic carbocycles. The second-order valence-corrected chi connectivity index (χ2v) is 6.50. The number of rotatable bonds is 3. The Bertz CT molecular complexity index is 783. The lowest BCUT2D eigenvalue weighted by molar-refractivity contribution is -0.384. The van der Waals surface area contributed by atoms with Crippen LogP contribution >= 0.6 is 28.1 Å². The van der Waals surface area contributed by atoms with Gasteiger partial charge in [0.25, 0.3) is 5.69 Å². The molecule has 0 aliphatic carbocycles. The summed E-state index contributed by atoms with van der Waals surface area (Å²) in [4.78, 5) is 10.3. The van der Waals surface area contributed by atoms with Crippen molar-refractivity contribution in [2.45, 2.75) is 12.6 Å². The van der Waals surface area contributed by atoms with Gasteiger partial charge in [-0.2, -0.15) is 5.43 Å². The van der Waals surface area contributed by atoms with Crippen LogP contribution in [0.25, 0.3) is 0 Å². The normalized spacial score (nSPS) is 20.4. The number of hydrogen-bond acceptors (Lipinski definition) is 4. The number of nitrogens with one attached hydrogen (secondary N) is 2. The molecule has 1 atom stereocenters. The largest absolute Gasteiger partial charge is 0.338 e. The summed E-state index contributed by atoms with van der Waals surface area (Å²) < 4.78 is 0.954. The third-order valence-corrected chi connectivity index (χ3v) is 4.60. The quantitative estimate of drug-likeness (QED) is 0.473. The van der Waals surface area contributed by atoms with Crippen LogP contribution in [-0.4, -0.2) is 10.0 Å². The van der Waals surface area contributed by atoms with E-state index >= 15 is 0 Å². The van der Waals surface area contributed by atoms with Crippen molar-refractivity contribution in [2.75, 3.05) is 5.01 Å². The molecule has 0 bridgehead atoms. The van der Waals surface area contributed by atoms with Crippen LogP contribution in [0, 0.1) is 10.1 Å². The van der Waals surface area contributed by atoms with Crippen molar-refractivity contribution in [2.24, 2.45) is 0 Å². The second kappa shape index (κ2) is 5.88. The first-order valence-electron chi connectivity index (χ1n) is 6.80. The van der Waals surface area contributed by atoms with Crippen LogP contribution in [0.1, 0.15) is 12.5 Å². The number of anilines is 1. The van der Waals surface area contributed by atoms with Crippen molar-refractivity contribution in [1.29, 1.82) is 0 Å². The Morgan fingerprint density at radius 2 is 1.87 bits per heavy atom. The lowest BCUT2D eigenvalue weighted by Gasteiger charge is -2.27. The molecule has 1 aliphatic rings. The van der Waals surface area contributed by atoms with Crippen LogP contribution in [0.3, 0.4) is 0 Å². The summed E-state index contributed by atoms with van der Waals surface area (Å²) in [5, 5.41) is 16.2. The van der Waals surface area contributed by atoms with E-state index in [0.29, 0.717) is 5.11 Å². The van der Waals surface area contributed by atoms with E-state index in [2.05, 4.69) is 26.7 Å². The zero-order valence-corrected chi connectivity index (χ0v) is 14.5. The van der Waals surface area contributed by atoms with Crippen LogP contribution < -0.4 is 15.8 Å². The SMILES string of the molecule is C[C@@]1(c2ccccc2Br)NC(=S)N(c2ccc([N+](=O)[O-])cc2)N1. The van der Waals surface area contributed by atoms with E-state index < -0.39 is 10.6 Å². The maximum Gasteiger partial charge on any atom is 0.269 e. The Balaban J connectivity index is 1.90. The Hall–Kier alpha value is -2.03. The highest BCUT2D eigenvalue weighted by atomic mass is 79.9. The lowest BCUT2D eigenvalue weighted by Crippen LogP contribution is -2.46. The van der Waals surface area contributed by atoms with Gasteiger partial charge in [0.05, 0.1) is 10.6 Å². The van der Waals surface area contributed by atoms with Gasteiger partial charge in [-0.3, -0.25) is 10.1 Å². The first-order chi connectivity index (χ1) is 10.9. The van der Waals surface area contributed by atoms with Gasteiger partial charge in [-0.1, -0.05) is 34.1 Å². The van der Waals surface area contributed by atoms with Crippen molar-refractivity contribution < 1.29 is 4.92 Å². The molecule has 2 aromatic rings. The first-order valence-corrected chi connectivity index (χ1v) is 8.00. The molecule has 0 amide bonds. The van der Waals surface area contributed by atoms with Gasteiger partial charge in [-0.15, -0.1) is 0 Å². The van der Waals surface area contributed by atoms with E-state index in [1.807, 2.05) is 31.2 Å². The third kappa shape index (κ3) is 2.92. The number of non-ortho nitro benzene ring substituents is 1. The Morgan fingerprint density at radius 1 is 1.22 bits per heavy atom. The average molecular weight is 393 g/mol. The van der Waals surface area contributed by atoms with Crippen LogP contribution in [-0.2, 0) is 5.66 Å². The molecular formula is C15H13BrN4O2S. The van der Waals surface area contributed by atoms with Crippen LogP contribution in [0.15, 0.2) is 53.0 Å². The van der Waals surface area contributed by atoms with E-state index in [0.717, 1.165) is 15.7 Å². The van der Waals surface area contributed by atoms with Gasteiger partial charge in [0.2, 0.25) is 0 Å². The highest BCUT2D eigenvalue weighted by Crippen LogP contribution is 2.31. The Labute approximate surface area is 146 Å². The van der Waals surface area contributed by atoms with Gasteiger partial charge >= 0.3 is 0 Å². The Morgan fingerprint density at radius 3 is 2.48 bits per heavy atom. The maximum atomic E-state index is 10.8. The molecule has 0 unspecified atom stereocenters. The number of nitro benzene ring substituents is 1. The molecule has 1 heterocycles. The second-order valence-electron chi connectivity index (χ2n) is 5.26. The number of thiocarbonyl (C=S) groups is 1. The molecule has 1 saturated heterocycles. The summed E-state index contributed by atoms with van der Waals surface area (Å²) in [6.07, 6.45) is 0. The summed E-state index contributed by atoms with van der Waals surface area (Å²) in [5.74, 6) is 0. The van der Waals surface area contributed by atoms with E-state index in [9.17, 15) is 10.1 Å². The highest BCUT2D eigenvalue weighted by molar-refractivity contribution is 9.10. The number of nitrogens with zero attached hydrogens (tertiary/aromatic N) is 2. The number of hydrogen-bond donors (Lipinski definition) is 2. The average Bonchev–Trinajstić information content (AvgIpc) is 2.83. The summed E-state index contributed by atoms with van der Waals surface area (Å²) in [6.45, 7) is 1.98. The molecule has 23 heavy (non-hydrogen) atoms. The van der Waals surface area contributed by atoms with Gasteiger partial charge in [-0.05, 0) is 37.3 Å². The number of halogens is 1. The number of nitro groups is 1. The summed E-state index contributed by atoms with van der Waals surface area (Å²) in [6, 6.07) is 14.1. The van der Waals surface area contributed by atoms with Crippen molar-refractivity contribution >= 4 is 44.6 Å². The minimum Gasteiger partial charge on any atom is -0.338 e. The molecule has 2 N–H and O–H groups in total. The van der Waals surface area contributed by atoms with Gasteiger partial charge in [0.1, 0.15) is 5.66 Å². The number of hydrazine groups is 1. The highest BCUT2D eigenvalue weighted by Gasteiger charge is 2.39. The monoisotopic (exact) mass is 392 g/mol. The summed E-state index contributed by atoms with van der Waals surface area (Å²) in [5.41, 5.74) is 4.51. The van der Waals surface area contributed by atoms with Gasteiger partial charge in [-0.25, -0.2) is 5.01 Å². The van der Waals surface area contributed by atoms with Crippen LogP contribution in [0.2, 0.25) is 0 Å². The Kier molecular flexibility index (Phi) is 4.05. The maximum absolute atomic E-state index is 10.8. The van der Waals surface area contributed by atoms with E-state index in [1.165, 1.54) is 12.1 Å². The molecule has 0 spiro atoms. The zero-order valence-electron chi connectivity index (χ0n) is 12.1. The standard InChI is InChI=1S/C15H13BrN4O2S/c1-15(12-4-2-3-5-13(12)16)17-14(23)19(18-15)10-6-8-11(9-7-10)20(21)22/h2-9,18H,1H3,(H,17,23)/t15-/m1/s1. The molecule has 3 rings (SSSR count). The minimum absolute atomic E-state index is 0.0420. The van der Waals surface area contributed by atoms with Gasteiger partial charge < -0.3 is 5.32 Å². The van der Waals surface area contributed by atoms with Gasteiger partial charge in [0, 0.05) is 22.2 Å². The molecule has 8 heteroatoms. The molecule has 1 fully saturated rings. The molecule has 0 saturated carbocycles. The van der Waals surface area contributed by atoms with Crippen molar-refractivity contribution in [3.05, 3.63) is 68.7 Å². The predicted molar refractivity (Wildman–Crippen MR) is 95.9 cm³/mol. The smallest absolute Gasteiger partial charge is 0.269 e. The third-order valence-electron chi connectivity index (χ3n) is 3.63. The van der Waals surface area contributed by atoms with Crippen LogP contribution in [0.5, 0.6) is 0 Å². The topological polar surface area (TPSA) is 70.4 Å². The summed E-state index contributed by atoms with van der Waals surface area (Å²) >= 11 is 8.95. The summed E-state index contributed by atoms with van der Waals surface area (Å²) in [7, 11) is 0. The van der Waals surface area contributed by atoms with E-state index in [-0.39, 0.29) is 5.69 Å². The van der Waals surface area contributed by atoms with Crippen molar-refractivity contribution in [3.63, 3.8) is 0 Å². The number of benzene rings is 2. The van der Waals surface area contributed by atoms with Crippen molar-refractivity contribution in [3.8, 4) is 0 Å². The first kappa shape index (κ1) is 15.9. The predicted octanol–water partition coefficient (Wildman–Crippen LogP) is 3.43. The van der Waals surface area contributed by atoms with E-state index in [1.54, 1.807) is 17.1 Å². The molecule has 6 nitrogen and oxygen atoms in total. The molecule has 0 radical (unpaired) electrons. The van der Waals surface area contributed by atoms with Crippen LogP contribution in [0.4, 0.5) is 11.4 Å². The lowest BCUT2D eigenvalue weighted by atomic mass is 10.0. The molecule has 118 valence electrons.